The zero-order valence-corrected chi connectivity index (χ0v) is 25.4. The van der Waals surface area contributed by atoms with E-state index in [1.54, 1.807) is 19.9 Å². The second-order valence-corrected chi connectivity index (χ2v) is 11.8. The molecule has 1 heterocycles. The number of benzene rings is 4. The summed E-state index contributed by atoms with van der Waals surface area (Å²) in [6.07, 6.45) is 3.11. The van der Waals surface area contributed by atoms with Crippen LogP contribution in [0.1, 0.15) is 41.7 Å². The van der Waals surface area contributed by atoms with Crippen LogP contribution in [0.3, 0.4) is 0 Å². The number of aryl methyl sites for hydroxylation is 4. The summed E-state index contributed by atoms with van der Waals surface area (Å²) in [4.78, 5) is 4.75. The van der Waals surface area contributed by atoms with Crippen molar-refractivity contribution in [3.8, 4) is 11.3 Å². The van der Waals surface area contributed by atoms with Gasteiger partial charge in [-0.1, -0.05) is 48.6 Å². The van der Waals surface area contributed by atoms with Gasteiger partial charge in [0, 0.05) is 40.0 Å². The molecule has 3 aromatic carbocycles. The Morgan fingerprint density at radius 1 is 0.833 bits per heavy atom. The van der Waals surface area contributed by atoms with Gasteiger partial charge >= 0.3 is 0 Å². The van der Waals surface area contributed by atoms with E-state index in [1.807, 2.05) is 74.5 Å². The molecule has 1 aliphatic carbocycles. The Hall–Kier alpha value is -4.46. The van der Waals surface area contributed by atoms with E-state index in [9.17, 15) is 13.0 Å². The molecule has 3 aromatic rings. The van der Waals surface area contributed by atoms with Crippen LogP contribution in [0.4, 0.5) is 17.1 Å². The first-order valence-electron chi connectivity index (χ1n) is 13.8. The number of hydrogen-bond donors (Lipinski definition) is 2. The highest BCUT2D eigenvalue weighted by molar-refractivity contribution is 7.90. The van der Waals surface area contributed by atoms with Crippen LogP contribution in [0, 0.1) is 27.7 Å². The lowest BCUT2D eigenvalue weighted by molar-refractivity contribution is 0.492. The second kappa shape index (κ2) is 11.4. The van der Waals surface area contributed by atoms with Gasteiger partial charge in [-0.25, -0.2) is 4.99 Å². The molecule has 2 aliphatic rings. The molecule has 2 N–H and O–H groups in total. The summed E-state index contributed by atoms with van der Waals surface area (Å²) in [7, 11) is -4.50. The summed E-state index contributed by atoms with van der Waals surface area (Å²) in [6.45, 7) is 11.5. The van der Waals surface area contributed by atoms with Gasteiger partial charge < -0.3 is 9.73 Å². The number of anilines is 2. The Balaban J connectivity index is 1.80. The van der Waals surface area contributed by atoms with E-state index in [0.29, 0.717) is 38.8 Å². The van der Waals surface area contributed by atoms with Crippen molar-refractivity contribution in [3.63, 3.8) is 0 Å². The summed E-state index contributed by atoms with van der Waals surface area (Å²) in [5, 5.41) is 4.94. The van der Waals surface area contributed by atoms with Crippen molar-refractivity contribution in [1.29, 1.82) is 0 Å². The van der Waals surface area contributed by atoms with Gasteiger partial charge in [0.05, 0.1) is 15.9 Å². The Morgan fingerprint density at radius 2 is 1.48 bits per heavy atom. The SMILES string of the molecule is C/C=C(\C(=C/C)S(=O)(=O)O)c1c2ccc(=Nc3c(C)cccc3C)cc-2oc2cc(Nc3c(C)cccc3C)ccc12. The molecule has 0 unspecified atom stereocenters. The van der Waals surface area contributed by atoms with Crippen molar-refractivity contribution in [2.75, 3.05) is 5.32 Å². The third-order valence-corrected chi connectivity index (χ3v) is 8.51. The largest absolute Gasteiger partial charge is 0.456 e. The minimum atomic E-state index is -4.50. The van der Waals surface area contributed by atoms with Crippen molar-refractivity contribution in [1.82, 2.24) is 0 Å². The van der Waals surface area contributed by atoms with E-state index in [-0.39, 0.29) is 4.91 Å². The number of allylic oxidation sites excluding steroid dienone is 3. The number of fused-ring (bicyclic) bond motifs is 2. The fourth-order valence-corrected chi connectivity index (χ4v) is 6.23. The van der Waals surface area contributed by atoms with Gasteiger partial charge in [-0.3, -0.25) is 4.55 Å². The first-order valence-corrected chi connectivity index (χ1v) is 15.2. The molecule has 1 aliphatic heterocycles. The Labute approximate surface area is 246 Å². The molecule has 0 spiro atoms. The number of nitrogens with one attached hydrogen (secondary N) is 1. The fourth-order valence-electron chi connectivity index (χ4n) is 5.44. The molecule has 0 bridgehead atoms. The van der Waals surface area contributed by atoms with Crippen LogP contribution in [-0.2, 0) is 10.1 Å². The zero-order chi connectivity index (χ0) is 30.2. The minimum Gasteiger partial charge on any atom is -0.456 e. The van der Waals surface area contributed by atoms with E-state index < -0.39 is 10.1 Å². The Morgan fingerprint density at radius 3 is 2.07 bits per heavy atom. The maximum atomic E-state index is 12.4. The Kier molecular flexibility index (Phi) is 7.91. The molecule has 0 saturated heterocycles. The van der Waals surface area contributed by atoms with Gasteiger partial charge in [-0.15, -0.1) is 0 Å². The van der Waals surface area contributed by atoms with E-state index in [4.69, 9.17) is 9.41 Å². The van der Waals surface area contributed by atoms with Crippen molar-refractivity contribution < 1.29 is 17.4 Å². The maximum Gasteiger partial charge on any atom is 0.294 e. The van der Waals surface area contributed by atoms with Crippen LogP contribution < -0.4 is 10.7 Å². The number of nitrogens with zero attached hydrogens (tertiary/aromatic N) is 1. The molecule has 0 radical (unpaired) electrons. The lowest BCUT2D eigenvalue weighted by atomic mass is 9.92. The van der Waals surface area contributed by atoms with Crippen molar-refractivity contribution in [2.24, 2.45) is 4.99 Å². The molecular formula is C35H34N2O4S. The van der Waals surface area contributed by atoms with Crippen molar-refractivity contribution >= 4 is 43.7 Å². The average molecular weight is 579 g/mol. The first kappa shape index (κ1) is 29.0. The van der Waals surface area contributed by atoms with Crippen LogP contribution in [0.25, 0.3) is 27.9 Å². The highest BCUT2D eigenvalue weighted by Crippen LogP contribution is 2.42. The van der Waals surface area contributed by atoms with E-state index >= 15 is 0 Å². The second-order valence-electron chi connectivity index (χ2n) is 10.4. The topological polar surface area (TPSA) is 91.9 Å². The van der Waals surface area contributed by atoms with E-state index in [1.165, 1.54) is 6.08 Å². The first-order chi connectivity index (χ1) is 20.0. The molecular weight excluding hydrogens is 544 g/mol. The summed E-state index contributed by atoms with van der Waals surface area (Å²) in [5.41, 5.74) is 9.41. The molecule has 0 saturated carbocycles. The highest BCUT2D eigenvalue weighted by atomic mass is 32.2. The van der Waals surface area contributed by atoms with Gasteiger partial charge in [0.25, 0.3) is 10.1 Å². The lowest BCUT2D eigenvalue weighted by Crippen LogP contribution is -2.08. The van der Waals surface area contributed by atoms with Crippen LogP contribution in [-0.4, -0.2) is 13.0 Å². The van der Waals surface area contributed by atoms with Gasteiger partial charge in [-0.2, -0.15) is 8.42 Å². The highest BCUT2D eigenvalue weighted by Gasteiger charge is 2.25. The standard InChI is InChI=1S/C35H34N2O4S/c1-7-27(32(8-2)42(38,39)40)33-28-17-15-25(36-34-21(3)11-9-12-22(34)4)19-30(28)41-31-20-26(16-18-29(31)33)37-35-23(5)13-10-14-24(35)6/h7-20,36H,1-6H3,(H,38,39,40)/b27-7+,32-8+,37-26?. The number of hydrogen-bond acceptors (Lipinski definition) is 5. The molecule has 42 heavy (non-hydrogen) atoms. The quantitative estimate of drug-likeness (QED) is 0.119. The van der Waals surface area contributed by atoms with Crippen molar-refractivity contribution in [3.05, 3.63) is 123 Å². The molecule has 0 fully saturated rings. The summed E-state index contributed by atoms with van der Waals surface area (Å²) >= 11 is 0. The van der Waals surface area contributed by atoms with Crippen LogP contribution in [0.5, 0.6) is 0 Å². The predicted octanol–water partition coefficient (Wildman–Crippen LogP) is 8.94. The third-order valence-electron chi connectivity index (χ3n) is 7.50. The summed E-state index contributed by atoms with van der Waals surface area (Å²) in [6, 6.07) is 23.6. The summed E-state index contributed by atoms with van der Waals surface area (Å²) in [5.74, 6) is 0.541. The van der Waals surface area contributed by atoms with Crippen molar-refractivity contribution in [2.45, 2.75) is 41.5 Å². The van der Waals surface area contributed by atoms with Crippen LogP contribution in [0.15, 0.2) is 99.3 Å². The van der Waals surface area contributed by atoms with E-state index in [2.05, 4.69) is 31.3 Å². The maximum absolute atomic E-state index is 12.4. The normalized spacial score (nSPS) is 13.3. The molecule has 0 aromatic heterocycles. The van der Waals surface area contributed by atoms with Gasteiger partial charge in [0.2, 0.25) is 0 Å². The van der Waals surface area contributed by atoms with E-state index in [0.717, 1.165) is 39.3 Å². The lowest BCUT2D eigenvalue weighted by Gasteiger charge is -2.19. The number of rotatable bonds is 6. The predicted molar refractivity (Wildman–Crippen MR) is 172 cm³/mol. The monoisotopic (exact) mass is 578 g/mol. The van der Waals surface area contributed by atoms with Crippen LogP contribution in [0.2, 0.25) is 0 Å². The molecule has 0 amide bonds. The molecule has 5 rings (SSSR count). The van der Waals surface area contributed by atoms with Crippen LogP contribution >= 0.6 is 0 Å². The van der Waals surface area contributed by atoms with Gasteiger partial charge in [0.1, 0.15) is 11.3 Å². The average Bonchev–Trinajstić information content (AvgIpc) is 2.94. The number of para-hydroxylation sites is 2. The molecule has 6 nitrogen and oxygen atoms in total. The summed E-state index contributed by atoms with van der Waals surface area (Å²) < 4.78 is 41.5. The zero-order valence-electron chi connectivity index (χ0n) is 24.6. The molecule has 0 atom stereocenters. The third kappa shape index (κ3) is 5.53. The minimum absolute atomic E-state index is 0.166. The Bertz CT molecular complexity index is 2010. The molecule has 7 heteroatoms. The fraction of sp³-hybridized carbons (Fsp3) is 0.171. The van der Waals surface area contributed by atoms with Gasteiger partial charge in [0.15, 0.2) is 0 Å². The smallest absolute Gasteiger partial charge is 0.294 e. The molecule has 214 valence electrons. The van der Waals surface area contributed by atoms with Gasteiger partial charge in [-0.05, 0) is 93.6 Å².